The van der Waals surface area contributed by atoms with E-state index in [-0.39, 0.29) is 17.6 Å². The van der Waals surface area contributed by atoms with Crippen LogP contribution < -0.4 is 5.32 Å². The second kappa shape index (κ2) is 9.17. The molecule has 2 fully saturated rings. The fourth-order valence-electron chi connectivity index (χ4n) is 4.08. The van der Waals surface area contributed by atoms with Crippen molar-refractivity contribution >= 4 is 58.3 Å². The van der Waals surface area contributed by atoms with Gasteiger partial charge < -0.3 is 15.1 Å². The third-order valence-electron chi connectivity index (χ3n) is 5.75. The largest absolute Gasteiger partial charge is 0.324 e. The van der Waals surface area contributed by atoms with Crippen LogP contribution in [-0.4, -0.2) is 56.9 Å². The highest BCUT2D eigenvalue weighted by Gasteiger charge is 2.47. The molecule has 2 aromatic carbocycles. The van der Waals surface area contributed by atoms with Crippen LogP contribution >= 0.6 is 35.0 Å². The lowest BCUT2D eigenvalue weighted by Crippen LogP contribution is -2.54. The van der Waals surface area contributed by atoms with E-state index < -0.39 is 9.79 Å². The standard InChI is InChI=1S/C21H20Cl2N4O4S/c22-16-5-2-6-17(23)18(16)24-20(29)25-9-7-21(8-10-25)26(11-12-32-21)19(28)14-3-1-4-15(13-14)27(30)31/h1-6,13H,7-12H2,(H,24,29). The molecule has 0 saturated carbocycles. The van der Waals surface area contributed by atoms with Crippen molar-refractivity contribution in [2.45, 2.75) is 17.7 Å². The molecular weight excluding hydrogens is 475 g/mol. The number of urea groups is 1. The lowest BCUT2D eigenvalue weighted by Gasteiger charge is -2.44. The van der Waals surface area contributed by atoms with E-state index in [4.69, 9.17) is 23.2 Å². The number of halogens is 2. The average molecular weight is 495 g/mol. The Morgan fingerprint density at radius 3 is 2.38 bits per heavy atom. The van der Waals surface area contributed by atoms with Crippen molar-refractivity contribution in [3.63, 3.8) is 0 Å². The fraction of sp³-hybridized carbons (Fsp3) is 0.333. The third-order valence-corrected chi connectivity index (χ3v) is 7.94. The van der Waals surface area contributed by atoms with Crippen LogP contribution in [0.5, 0.6) is 0 Å². The number of non-ortho nitro benzene ring substituents is 1. The predicted molar refractivity (Wildman–Crippen MR) is 126 cm³/mol. The number of para-hydroxylation sites is 1. The molecule has 0 radical (unpaired) electrons. The van der Waals surface area contributed by atoms with Gasteiger partial charge >= 0.3 is 6.03 Å². The summed E-state index contributed by atoms with van der Waals surface area (Å²) >= 11 is 14.0. The Balaban J connectivity index is 1.45. The molecular formula is C21H20Cl2N4O4S. The minimum absolute atomic E-state index is 0.110. The first kappa shape index (κ1) is 22.7. The van der Waals surface area contributed by atoms with Gasteiger partial charge in [-0.1, -0.05) is 35.3 Å². The second-order valence-electron chi connectivity index (χ2n) is 7.57. The van der Waals surface area contributed by atoms with Gasteiger partial charge in [-0.3, -0.25) is 14.9 Å². The van der Waals surface area contributed by atoms with Crippen LogP contribution in [0.3, 0.4) is 0 Å². The quantitative estimate of drug-likeness (QED) is 0.472. The third kappa shape index (κ3) is 4.37. The van der Waals surface area contributed by atoms with Crippen molar-refractivity contribution in [2.24, 2.45) is 0 Å². The molecule has 0 bridgehead atoms. The van der Waals surface area contributed by atoms with Crippen LogP contribution in [0.1, 0.15) is 23.2 Å². The van der Waals surface area contributed by atoms with Gasteiger partial charge in [0.15, 0.2) is 0 Å². The molecule has 2 aliphatic rings. The first-order valence-electron chi connectivity index (χ1n) is 10.0. The molecule has 2 aliphatic heterocycles. The maximum absolute atomic E-state index is 13.2. The van der Waals surface area contributed by atoms with Gasteiger partial charge in [-0.05, 0) is 31.0 Å². The van der Waals surface area contributed by atoms with E-state index in [1.807, 2.05) is 0 Å². The number of rotatable bonds is 3. The topological polar surface area (TPSA) is 95.8 Å². The minimum atomic E-state index is -0.506. The Bertz CT molecular complexity index is 1060. The summed E-state index contributed by atoms with van der Waals surface area (Å²) < 4.78 is 0. The Kier molecular flexibility index (Phi) is 6.50. The highest BCUT2D eigenvalue weighted by Crippen LogP contribution is 2.45. The number of nitro groups is 1. The summed E-state index contributed by atoms with van der Waals surface area (Å²) in [5.41, 5.74) is 0.565. The van der Waals surface area contributed by atoms with Crippen molar-refractivity contribution in [2.75, 3.05) is 30.7 Å². The monoisotopic (exact) mass is 494 g/mol. The van der Waals surface area contributed by atoms with Gasteiger partial charge in [0.2, 0.25) is 0 Å². The molecule has 32 heavy (non-hydrogen) atoms. The molecule has 4 rings (SSSR count). The SMILES string of the molecule is O=C(Nc1c(Cl)cccc1Cl)N1CCC2(CC1)SCCN2C(=O)c1cccc([N+](=O)[O-])c1. The molecule has 0 unspecified atom stereocenters. The van der Waals surface area contributed by atoms with E-state index >= 15 is 0 Å². The van der Waals surface area contributed by atoms with Crippen molar-refractivity contribution in [3.05, 3.63) is 68.2 Å². The summed E-state index contributed by atoms with van der Waals surface area (Å²) in [5.74, 6) is 0.557. The maximum Gasteiger partial charge on any atom is 0.321 e. The number of nitro benzene ring substituents is 1. The molecule has 168 valence electrons. The van der Waals surface area contributed by atoms with E-state index in [0.717, 1.165) is 5.75 Å². The molecule has 2 aromatic rings. The molecule has 0 atom stereocenters. The number of likely N-dealkylation sites (tertiary alicyclic amines) is 1. The average Bonchev–Trinajstić information content (AvgIpc) is 3.19. The van der Waals surface area contributed by atoms with Crippen LogP contribution in [0.4, 0.5) is 16.2 Å². The summed E-state index contributed by atoms with van der Waals surface area (Å²) in [4.78, 5) is 39.6. The van der Waals surface area contributed by atoms with E-state index in [1.165, 1.54) is 18.2 Å². The summed E-state index contributed by atoms with van der Waals surface area (Å²) in [6.45, 7) is 1.48. The summed E-state index contributed by atoms with van der Waals surface area (Å²) in [6.07, 6.45) is 1.20. The predicted octanol–water partition coefficient (Wildman–Crippen LogP) is 5.11. The van der Waals surface area contributed by atoms with Gasteiger partial charge in [0, 0.05) is 43.1 Å². The van der Waals surface area contributed by atoms with Gasteiger partial charge in [-0.15, -0.1) is 11.8 Å². The number of piperidine rings is 1. The number of carbonyl (C=O) groups excluding carboxylic acids is 2. The first-order chi connectivity index (χ1) is 15.3. The molecule has 2 saturated heterocycles. The maximum atomic E-state index is 13.2. The smallest absolute Gasteiger partial charge is 0.321 e. The number of amides is 3. The molecule has 1 N–H and O–H groups in total. The second-order valence-corrected chi connectivity index (χ2v) is 9.84. The van der Waals surface area contributed by atoms with Crippen molar-refractivity contribution < 1.29 is 14.5 Å². The number of hydrogen-bond donors (Lipinski definition) is 1. The van der Waals surface area contributed by atoms with Crippen LogP contribution in [-0.2, 0) is 0 Å². The molecule has 8 nitrogen and oxygen atoms in total. The minimum Gasteiger partial charge on any atom is -0.324 e. The number of benzene rings is 2. The molecule has 3 amide bonds. The molecule has 1 spiro atoms. The van der Waals surface area contributed by atoms with Crippen molar-refractivity contribution in [3.8, 4) is 0 Å². The van der Waals surface area contributed by atoms with Gasteiger partial charge in [-0.25, -0.2) is 4.79 Å². The Morgan fingerprint density at radius 1 is 1.06 bits per heavy atom. The van der Waals surface area contributed by atoms with E-state index in [0.29, 0.717) is 53.8 Å². The number of carbonyl (C=O) groups is 2. The molecule has 2 heterocycles. The van der Waals surface area contributed by atoms with Gasteiger partial charge in [0.25, 0.3) is 11.6 Å². The molecule has 11 heteroatoms. The zero-order valence-electron chi connectivity index (χ0n) is 16.9. The fourth-order valence-corrected chi connectivity index (χ4v) is 6.03. The number of anilines is 1. The number of thioether (sulfide) groups is 1. The lowest BCUT2D eigenvalue weighted by molar-refractivity contribution is -0.384. The first-order valence-corrected chi connectivity index (χ1v) is 11.8. The van der Waals surface area contributed by atoms with Crippen molar-refractivity contribution in [1.82, 2.24) is 9.80 Å². The van der Waals surface area contributed by atoms with Crippen LogP contribution in [0, 0.1) is 10.1 Å². The number of nitrogens with zero attached hydrogens (tertiary/aromatic N) is 3. The number of hydrogen-bond acceptors (Lipinski definition) is 5. The van der Waals surface area contributed by atoms with Crippen LogP contribution in [0.2, 0.25) is 10.0 Å². The van der Waals surface area contributed by atoms with Crippen molar-refractivity contribution in [1.29, 1.82) is 0 Å². The Hall–Kier alpha value is -2.49. The van der Waals surface area contributed by atoms with Gasteiger partial charge in [0.1, 0.15) is 0 Å². The normalized spacial score (nSPS) is 17.4. The molecule has 0 aliphatic carbocycles. The lowest BCUT2D eigenvalue weighted by atomic mass is 10.0. The van der Waals surface area contributed by atoms with Gasteiger partial charge in [0.05, 0.1) is 25.5 Å². The Morgan fingerprint density at radius 2 is 1.72 bits per heavy atom. The summed E-state index contributed by atoms with van der Waals surface area (Å²) in [5, 5.41) is 14.6. The zero-order chi connectivity index (χ0) is 22.9. The zero-order valence-corrected chi connectivity index (χ0v) is 19.3. The summed E-state index contributed by atoms with van der Waals surface area (Å²) in [7, 11) is 0. The van der Waals surface area contributed by atoms with Crippen LogP contribution in [0.15, 0.2) is 42.5 Å². The summed E-state index contributed by atoms with van der Waals surface area (Å²) in [6, 6.07) is 10.5. The highest BCUT2D eigenvalue weighted by molar-refractivity contribution is 8.00. The van der Waals surface area contributed by atoms with E-state index in [2.05, 4.69) is 5.32 Å². The van der Waals surface area contributed by atoms with E-state index in [9.17, 15) is 19.7 Å². The van der Waals surface area contributed by atoms with Gasteiger partial charge in [-0.2, -0.15) is 0 Å². The highest BCUT2D eigenvalue weighted by atomic mass is 35.5. The van der Waals surface area contributed by atoms with Crippen LogP contribution in [0.25, 0.3) is 0 Å². The molecule has 0 aromatic heterocycles. The van der Waals surface area contributed by atoms with E-state index in [1.54, 1.807) is 45.8 Å². The Labute approximate surface area is 199 Å². The number of nitrogens with one attached hydrogen (secondary N) is 1.